The Morgan fingerprint density at radius 2 is 1.62 bits per heavy atom. The zero-order chi connectivity index (χ0) is 10.0. The van der Waals surface area contributed by atoms with E-state index in [1.54, 1.807) is 0 Å². The molecule has 0 unspecified atom stereocenters. The Labute approximate surface area is 79.8 Å². The van der Waals surface area contributed by atoms with Crippen LogP contribution in [0.1, 0.15) is 25.2 Å². The monoisotopic (exact) mass is 179 g/mol. The van der Waals surface area contributed by atoms with Crippen LogP contribution in [0.25, 0.3) is 0 Å². The number of hydrogen-bond acceptors (Lipinski definition) is 3. The van der Waals surface area contributed by atoms with Gasteiger partial charge in [-0.25, -0.2) is 9.97 Å². The van der Waals surface area contributed by atoms with E-state index in [0.717, 1.165) is 17.3 Å². The molecule has 1 heterocycles. The lowest BCUT2D eigenvalue weighted by Gasteiger charge is -2.21. The maximum Gasteiger partial charge on any atom is 0.225 e. The van der Waals surface area contributed by atoms with E-state index in [0.29, 0.717) is 6.04 Å². The number of nitrogens with zero attached hydrogens (tertiary/aromatic N) is 3. The standard InChI is InChI=1S/C10H17N3/c1-7(2)13(5)10-11-8(3)6-9(4)12-10/h6-7H,1-5H3. The molecule has 0 saturated carbocycles. The Hall–Kier alpha value is -1.12. The largest absolute Gasteiger partial charge is 0.341 e. The van der Waals surface area contributed by atoms with E-state index in [4.69, 9.17) is 0 Å². The molecule has 1 rings (SSSR count). The molecule has 1 aromatic heterocycles. The lowest BCUT2D eigenvalue weighted by Crippen LogP contribution is -2.27. The maximum absolute atomic E-state index is 4.37. The van der Waals surface area contributed by atoms with Gasteiger partial charge in [0.25, 0.3) is 0 Å². The average Bonchev–Trinajstić information content (AvgIpc) is 2.01. The highest BCUT2D eigenvalue weighted by atomic mass is 15.2. The van der Waals surface area contributed by atoms with Crippen LogP contribution >= 0.6 is 0 Å². The fourth-order valence-electron chi connectivity index (χ4n) is 1.10. The van der Waals surface area contributed by atoms with Crippen molar-refractivity contribution in [3.63, 3.8) is 0 Å². The summed E-state index contributed by atoms with van der Waals surface area (Å²) >= 11 is 0. The van der Waals surface area contributed by atoms with Crippen LogP contribution in [0.4, 0.5) is 5.95 Å². The van der Waals surface area contributed by atoms with E-state index < -0.39 is 0 Å². The molecule has 0 aliphatic carbocycles. The van der Waals surface area contributed by atoms with E-state index in [-0.39, 0.29) is 0 Å². The second-order valence-corrected chi connectivity index (χ2v) is 3.66. The normalized spacial score (nSPS) is 10.6. The number of aromatic nitrogens is 2. The van der Waals surface area contributed by atoms with Gasteiger partial charge in [-0.15, -0.1) is 0 Å². The summed E-state index contributed by atoms with van der Waals surface area (Å²) in [5.41, 5.74) is 2.05. The summed E-state index contributed by atoms with van der Waals surface area (Å²) in [7, 11) is 2.01. The third-order valence-corrected chi connectivity index (χ3v) is 2.06. The summed E-state index contributed by atoms with van der Waals surface area (Å²) in [4.78, 5) is 10.8. The Morgan fingerprint density at radius 1 is 1.15 bits per heavy atom. The van der Waals surface area contributed by atoms with E-state index in [1.165, 1.54) is 0 Å². The second-order valence-electron chi connectivity index (χ2n) is 3.66. The van der Waals surface area contributed by atoms with Crippen molar-refractivity contribution in [1.82, 2.24) is 9.97 Å². The second kappa shape index (κ2) is 3.73. The third-order valence-electron chi connectivity index (χ3n) is 2.06. The van der Waals surface area contributed by atoms with E-state index in [2.05, 4.69) is 28.7 Å². The lowest BCUT2D eigenvalue weighted by molar-refractivity contribution is 0.724. The Morgan fingerprint density at radius 3 is 2.00 bits per heavy atom. The minimum absolute atomic E-state index is 0.432. The van der Waals surface area contributed by atoms with Crippen molar-refractivity contribution >= 4 is 5.95 Å². The predicted octanol–water partition coefficient (Wildman–Crippen LogP) is 1.94. The van der Waals surface area contributed by atoms with Gasteiger partial charge in [-0.2, -0.15) is 0 Å². The van der Waals surface area contributed by atoms with Crippen LogP contribution in [-0.4, -0.2) is 23.1 Å². The van der Waals surface area contributed by atoms with Gasteiger partial charge >= 0.3 is 0 Å². The first-order chi connectivity index (χ1) is 6.00. The zero-order valence-electron chi connectivity index (χ0n) is 9.00. The van der Waals surface area contributed by atoms with Crippen LogP contribution in [-0.2, 0) is 0 Å². The summed E-state index contributed by atoms with van der Waals surface area (Å²) in [6.45, 7) is 8.24. The van der Waals surface area contributed by atoms with Gasteiger partial charge in [-0.3, -0.25) is 0 Å². The van der Waals surface area contributed by atoms with Crippen LogP contribution in [0, 0.1) is 13.8 Å². The van der Waals surface area contributed by atoms with Crippen LogP contribution in [0.5, 0.6) is 0 Å². The fourth-order valence-corrected chi connectivity index (χ4v) is 1.10. The minimum Gasteiger partial charge on any atom is -0.341 e. The first-order valence-corrected chi connectivity index (χ1v) is 4.56. The number of anilines is 1. The molecule has 72 valence electrons. The van der Waals surface area contributed by atoms with Crippen molar-refractivity contribution in [2.24, 2.45) is 0 Å². The predicted molar refractivity (Wildman–Crippen MR) is 55.0 cm³/mol. The van der Waals surface area contributed by atoms with Gasteiger partial charge in [-0.1, -0.05) is 0 Å². The summed E-state index contributed by atoms with van der Waals surface area (Å²) in [5.74, 6) is 0.813. The molecule has 0 aromatic carbocycles. The molecule has 0 atom stereocenters. The molecule has 0 saturated heterocycles. The van der Waals surface area contributed by atoms with Crippen LogP contribution in [0.3, 0.4) is 0 Å². The van der Waals surface area contributed by atoms with Crippen LogP contribution < -0.4 is 4.90 Å². The minimum atomic E-state index is 0.432. The quantitative estimate of drug-likeness (QED) is 0.694. The molecule has 0 bridgehead atoms. The molecule has 3 heteroatoms. The van der Waals surface area contributed by atoms with Crippen LogP contribution in [0.15, 0.2) is 6.07 Å². The van der Waals surface area contributed by atoms with Crippen LogP contribution in [0.2, 0.25) is 0 Å². The fraction of sp³-hybridized carbons (Fsp3) is 0.600. The molecule has 0 radical (unpaired) electrons. The number of hydrogen-bond donors (Lipinski definition) is 0. The highest BCUT2D eigenvalue weighted by Gasteiger charge is 2.08. The highest BCUT2D eigenvalue weighted by molar-refractivity contribution is 5.31. The van der Waals surface area contributed by atoms with Crippen molar-refractivity contribution in [1.29, 1.82) is 0 Å². The van der Waals surface area contributed by atoms with Crippen molar-refractivity contribution in [2.75, 3.05) is 11.9 Å². The smallest absolute Gasteiger partial charge is 0.225 e. The van der Waals surface area contributed by atoms with Gasteiger partial charge in [0.15, 0.2) is 0 Å². The molecule has 0 spiro atoms. The first kappa shape index (κ1) is 9.96. The molecule has 0 aliphatic rings. The third kappa shape index (κ3) is 2.41. The molecule has 1 aromatic rings. The molecule has 0 N–H and O–H groups in total. The molecule has 0 fully saturated rings. The summed E-state index contributed by atoms with van der Waals surface area (Å²) in [6, 6.07) is 2.42. The summed E-state index contributed by atoms with van der Waals surface area (Å²) < 4.78 is 0. The summed E-state index contributed by atoms with van der Waals surface area (Å²) in [5, 5.41) is 0. The van der Waals surface area contributed by atoms with Gasteiger partial charge < -0.3 is 4.90 Å². The van der Waals surface area contributed by atoms with Gasteiger partial charge in [0.1, 0.15) is 0 Å². The SMILES string of the molecule is Cc1cc(C)nc(N(C)C(C)C)n1. The lowest BCUT2D eigenvalue weighted by atomic mass is 10.3. The summed E-state index contributed by atoms with van der Waals surface area (Å²) in [6.07, 6.45) is 0. The van der Waals surface area contributed by atoms with Gasteiger partial charge in [0, 0.05) is 24.5 Å². The van der Waals surface area contributed by atoms with Gasteiger partial charge in [0.05, 0.1) is 0 Å². The molecule has 3 nitrogen and oxygen atoms in total. The van der Waals surface area contributed by atoms with Crippen molar-refractivity contribution in [3.05, 3.63) is 17.5 Å². The Bertz CT molecular complexity index is 274. The van der Waals surface area contributed by atoms with E-state index in [9.17, 15) is 0 Å². The zero-order valence-corrected chi connectivity index (χ0v) is 9.00. The Balaban J connectivity index is 3.01. The Kier molecular flexibility index (Phi) is 2.86. The van der Waals surface area contributed by atoms with Crippen molar-refractivity contribution in [2.45, 2.75) is 33.7 Å². The molecule has 13 heavy (non-hydrogen) atoms. The number of aryl methyl sites for hydroxylation is 2. The maximum atomic E-state index is 4.37. The van der Waals surface area contributed by atoms with E-state index >= 15 is 0 Å². The first-order valence-electron chi connectivity index (χ1n) is 4.56. The molecular formula is C10H17N3. The van der Waals surface area contributed by atoms with Gasteiger partial charge in [-0.05, 0) is 33.8 Å². The molecule has 0 amide bonds. The average molecular weight is 179 g/mol. The van der Waals surface area contributed by atoms with Crippen molar-refractivity contribution < 1.29 is 0 Å². The van der Waals surface area contributed by atoms with E-state index in [1.807, 2.05) is 27.0 Å². The number of rotatable bonds is 2. The van der Waals surface area contributed by atoms with Crippen molar-refractivity contribution in [3.8, 4) is 0 Å². The van der Waals surface area contributed by atoms with Gasteiger partial charge in [0.2, 0.25) is 5.95 Å². The molecule has 0 aliphatic heterocycles. The topological polar surface area (TPSA) is 29.0 Å². The highest BCUT2D eigenvalue weighted by Crippen LogP contribution is 2.10. The molecular weight excluding hydrogens is 162 g/mol.